The van der Waals surface area contributed by atoms with Gasteiger partial charge in [-0.05, 0) is 41.9 Å². The number of hydrazone groups is 1. The van der Waals surface area contributed by atoms with Gasteiger partial charge in [0, 0.05) is 18.8 Å². The van der Waals surface area contributed by atoms with Crippen LogP contribution in [-0.4, -0.2) is 32.2 Å². The van der Waals surface area contributed by atoms with E-state index in [4.69, 9.17) is 5.84 Å². The van der Waals surface area contributed by atoms with Gasteiger partial charge in [0.25, 0.3) is 0 Å². The van der Waals surface area contributed by atoms with E-state index in [1.165, 1.54) is 17.5 Å². The minimum Gasteiger partial charge on any atom is -0.371 e. The number of halogens is 3. The van der Waals surface area contributed by atoms with Gasteiger partial charge in [-0.25, -0.2) is 0 Å². The second-order valence-corrected chi connectivity index (χ2v) is 9.50. The van der Waals surface area contributed by atoms with Crippen LogP contribution in [0, 0.1) is 5.92 Å². The molecule has 1 aliphatic rings. The summed E-state index contributed by atoms with van der Waals surface area (Å²) in [6.45, 7) is 8.93. The van der Waals surface area contributed by atoms with Crippen molar-refractivity contribution in [2.75, 3.05) is 22.7 Å². The molecule has 0 unspecified atom stereocenters. The summed E-state index contributed by atoms with van der Waals surface area (Å²) in [5.74, 6) is 5.50. The SMILES string of the molecule is C=CS/C(N=Nc1cc2c(cc1NS(=O)(=O)C(F)(F)F)N(CC(C)C)CCC2)=N\N. The normalized spacial score (nSPS) is 15.5. The Hall–Kier alpha value is -2.28. The fourth-order valence-electron chi connectivity index (χ4n) is 2.94. The Kier molecular flexibility index (Phi) is 7.75. The van der Waals surface area contributed by atoms with E-state index in [0.717, 1.165) is 30.3 Å². The molecule has 2 rings (SSSR count). The molecule has 0 atom stereocenters. The van der Waals surface area contributed by atoms with Gasteiger partial charge in [0.15, 0.2) is 0 Å². The smallest absolute Gasteiger partial charge is 0.371 e. The predicted octanol–water partition coefficient (Wildman–Crippen LogP) is 4.55. The van der Waals surface area contributed by atoms with Gasteiger partial charge in [0.1, 0.15) is 5.69 Å². The zero-order valence-electron chi connectivity index (χ0n) is 16.5. The van der Waals surface area contributed by atoms with Gasteiger partial charge >= 0.3 is 15.5 Å². The summed E-state index contributed by atoms with van der Waals surface area (Å²) in [5.41, 5.74) is -4.36. The minimum absolute atomic E-state index is 0.00813. The van der Waals surface area contributed by atoms with Crippen molar-refractivity contribution in [2.24, 2.45) is 27.1 Å². The highest BCUT2D eigenvalue weighted by Crippen LogP contribution is 2.39. The number of sulfonamides is 1. The Morgan fingerprint density at radius 1 is 1.43 bits per heavy atom. The van der Waals surface area contributed by atoms with Crippen molar-refractivity contribution in [2.45, 2.75) is 32.2 Å². The lowest BCUT2D eigenvalue weighted by Gasteiger charge is -2.33. The Balaban J connectivity index is 2.56. The molecule has 0 aliphatic carbocycles. The van der Waals surface area contributed by atoms with Crippen LogP contribution in [-0.2, 0) is 16.4 Å². The number of nitrogens with zero attached hydrogens (tertiary/aromatic N) is 4. The molecule has 3 N–H and O–H groups in total. The van der Waals surface area contributed by atoms with Gasteiger partial charge in [-0.2, -0.15) is 26.7 Å². The molecular formula is C17H23F3N6O2S2. The van der Waals surface area contributed by atoms with E-state index in [1.54, 1.807) is 4.72 Å². The first-order valence-corrected chi connectivity index (χ1v) is 11.3. The lowest BCUT2D eigenvalue weighted by molar-refractivity contribution is -0.0429. The van der Waals surface area contributed by atoms with Crippen LogP contribution >= 0.6 is 11.8 Å². The predicted molar refractivity (Wildman–Crippen MR) is 114 cm³/mol. The lowest BCUT2D eigenvalue weighted by atomic mass is 9.99. The molecule has 0 saturated heterocycles. The summed E-state index contributed by atoms with van der Waals surface area (Å²) >= 11 is 0.956. The maximum absolute atomic E-state index is 12.9. The summed E-state index contributed by atoms with van der Waals surface area (Å²) in [5, 5.41) is 12.5. The molecule has 166 valence electrons. The number of hydrogen-bond donors (Lipinski definition) is 2. The third-order valence-electron chi connectivity index (χ3n) is 4.09. The standard InChI is InChI=1S/C17H23F3N6O2S2/c1-4-29-16(22-21)24-23-13-8-12-6-5-7-26(10-11(2)3)15(12)9-14(13)25-30(27,28)17(18,19)20/h4,8-9,11,25H,1,5-7,10,21H2,2-3H3/b22-16-,24-23?. The summed E-state index contributed by atoms with van der Waals surface area (Å²) in [7, 11) is -5.64. The van der Waals surface area contributed by atoms with Crippen LogP contribution in [0.15, 0.2) is 39.4 Å². The van der Waals surface area contributed by atoms with E-state index in [2.05, 4.69) is 21.9 Å². The number of nitrogens with two attached hydrogens (primary N) is 1. The van der Waals surface area contributed by atoms with E-state index in [9.17, 15) is 21.6 Å². The van der Waals surface area contributed by atoms with Crippen molar-refractivity contribution < 1.29 is 21.6 Å². The van der Waals surface area contributed by atoms with E-state index in [-0.39, 0.29) is 16.5 Å². The third-order valence-corrected chi connectivity index (χ3v) is 5.75. The molecule has 0 spiro atoms. The van der Waals surface area contributed by atoms with Crippen LogP contribution in [0.3, 0.4) is 0 Å². The molecular weight excluding hydrogens is 441 g/mol. The first-order chi connectivity index (χ1) is 14.0. The van der Waals surface area contributed by atoms with Gasteiger partial charge in [-0.3, -0.25) is 4.72 Å². The van der Waals surface area contributed by atoms with Gasteiger partial charge in [-0.15, -0.1) is 10.2 Å². The number of amidine groups is 1. The molecule has 1 aromatic carbocycles. The molecule has 0 aromatic heterocycles. The number of hydrogen-bond acceptors (Lipinski definition) is 7. The van der Waals surface area contributed by atoms with Crippen LogP contribution in [0.5, 0.6) is 0 Å². The summed E-state index contributed by atoms with van der Waals surface area (Å²) in [6.07, 6.45) is 1.53. The number of rotatable bonds is 6. The molecule has 0 saturated carbocycles. The monoisotopic (exact) mass is 464 g/mol. The van der Waals surface area contributed by atoms with Crippen LogP contribution in [0.2, 0.25) is 0 Å². The molecule has 0 amide bonds. The number of benzene rings is 1. The second-order valence-electron chi connectivity index (χ2n) is 6.89. The topological polar surface area (TPSA) is 113 Å². The van der Waals surface area contributed by atoms with E-state index < -0.39 is 15.5 Å². The van der Waals surface area contributed by atoms with Crippen LogP contribution in [0.1, 0.15) is 25.8 Å². The van der Waals surface area contributed by atoms with Crippen molar-refractivity contribution in [1.82, 2.24) is 0 Å². The fraction of sp³-hybridized carbons (Fsp3) is 0.471. The zero-order valence-corrected chi connectivity index (χ0v) is 18.1. The number of alkyl halides is 3. The average molecular weight is 465 g/mol. The molecule has 0 radical (unpaired) electrons. The van der Waals surface area contributed by atoms with Crippen LogP contribution < -0.4 is 15.5 Å². The Morgan fingerprint density at radius 2 is 2.13 bits per heavy atom. The summed E-state index contributed by atoms with van der Waals surface area (Å²) in [4.78, 5) is 2.02. The second kappa shape index (κ2) is 9.69. The van der Waals surface area contributed by atoms with Gasteiger partial charge in [0.05, 0.1) is 5.69 Å². The number of anilines is 2. The molecule has 1 heterocycles. The van der Waals surface area contributed by atoms with E-state index >= 15 is 0 Å². The van der Waals surface area contributed by atoms with Crippen molar-refractivity contribution in [3.05, 3.63) is 29.7 Å². The molecule has 1 aliphatic heterocycles. The maximum atomic E-state index is 12.9. The zero-order chi connectivity index (χ0) is 22.5. The first kappa shape index (κ1) is 24.0. The Bertz CT molecular complexity index is 946. The van der Waals surface area contributed by atoms with Crippen molar-refractivity contribution in [3.8, 4) is 0 Å². The highest BCUT2D eigenvalue weighted by atomic mass is 32.2. The summed E-state index contributed by atoms with van der Waals surface area (Å²) < 4.78 is 63.9. The van der Waals surface area contributed by atoms with Gasteiger partial charge in [-0.1, -0.05) is 32.2 Å². The Labute approximate surface area is 177 Å². The fourth-order valence-corrected chi connectivity index (χ4v) is 3.81. The molecule has 30 heavy (non-hydrogen) atoms. The first-order valence-electron chi connectivity index (χ1n) is 8.96. The van der Waals surface area contributed by atoms with E-state index in [1.807, 2.05) is 18.7 Å². The van der Waals surface area contributed by atoms with Crippen molar-refractivity contribution in [1.29, 1.82) is 0 Å². The number of thioether (sulfide) groups is 1. The Morgan fingerprint density at radius 3 is 2.70 bits per heavy atom. The highest BCUT2D eigenvalue weighted by molar-refractivity contribution is 8.16. The van der Waals surface area contributed by atoms with Crippen LogP contribution in [0.25, 0.3) is 0 Å². The molecule has 0 fully saturated rings. The van der Waals surface area contributed by atoms with Crippen molar-refractivity contribution in [3.63, 3.8) is 0 Å². The number of fused-ring (bicyclic) bond motifs is 1. The van der Waals surface area contributed by atoms with Crippen molar-refractivity contribution >= 4 is 44.0 Å². The summed E-state index contributed by atoms with van der Waals surface area (Å²) in [6, 6.07) is 2.90. The number of azo groups is 1. The highest BCUT2D eigenvalue weighted by Gasteiger charge is 2.46. The number of nitrogens with one attached hydrogen (secondary N) is 1. The molecule has 8 nitrogen and oxygen atoms in total. The lowest BCUT2D eigenvalue weighted by Crippen LogP contribution is -2.33. The van der Waals surface area contributed by atoms with Gasteiger partial charge < -0.3 is 10.7 Å². The third kappa shape index (κ3) is 5.88. The van der Waals surface area contributed by atoms with Crippen LogP contribution in [0.4, 0.5) is 30.2 Å². The molecule has 1 aromatic rings. The maximum Gasteiger partial charge on any atom is 0.516 e. The molecule has 13 heteroatoms. The minimum atomic E-state index is -5.64. The largest absolute Gasteiger partial charge is 0.516 e. The average Bonchev–Trinajstić information content (AvgIpc) is 2.64. The van der Waals surface area contributed by atoms with Gasteiger partial charge in [0.2, 0.25) is 5.17 Å². The quantitative estimate of drug-likeness (QED) is 0.211. The molecule has 0 bridgehead atoms. The number of aryl methyl sites for hydroxylation is 1. The van der Waals surface area contributed by atoms with E-state index in [0.29, 0.717) is 24.6 Å².